The van der Waals surface area contributed by atoms with E-state index in [9.17, 15) is 32.7 Å². The minimum Gasteiger partial charge on any atom is -0.505 e. The van der Waals surface area contributed by atoms with Crippen molar-refractivity contribution in [1.82, 2.24) is 0 Å². The largest absolute Gasteiger partial charge is 0.505 e. The average molecular weight is 810 g/mol. The topological polar surface area (TPSA) is 219 Å². The Labute approximate surface area is 337 Å². The van der Waals surface area contributed by atoms with E-state index in [0.29, 0.717) is 49.7 Å². The number of rotatable bonds is 16. The van der Waals surface area contributed by atoms with Crippen molar-refractivity contribution in [3.05, 3.63) is 83.0 Å². The minimum atomic E-state index is -4.10. The lowest BCUT2D eigenvalue weighted by Gasteiger charge is -2.24. The van der Waals surface area contributed by atoms with Gasteiger partial charge in [0.15, 0.2) is 0 Å². The molecule has 5 N–H and O–H groups in total. The highest BCUT2D eigenvalue weighted by Crippen LogP contribution is 2.51. The number of phenolic OH excluding ortho intramolecular Hbond substituents is 1. The number of hydrogen-bond donors (Lipinski definition) is 5. The molecule has 0 radical (unpaired) electrons. The first-order valence-electron chi connectivity index (χ1n) is 18.7. The smallest absolute Gasteiger partial charge is 0.255 e. The molecule has 0 atom stereocenters. The molecule has 2 aliphatic rings. The number of ketones is 1. The van der Waals surface area contributed by atoms with Gasteiger partial charge in [0, 0.05) is 36.8 Å². The zero-order valence-electron chi connectivity index (χ0n) is 33.3. The molecule has 0 fully saturated rings. The maximum absolute atomic E-state index is 13.7. The van der Waals surface area contributed by atoms with Gasteiger partial charge >= 0.3 is 0 Å². The van der Waals surface area contributed by atoms with Gasteiger partial charge in [0.05, 0.1) is 58.7 Å². The molecule has 16 heteroatoms. The van der Waals surface area contributed by atoms with Gasteiger partial charge < -0.3 is 36.0 Å². The number of nitrogens with zero attached hydrogens (tertiary/aromatic N) is 3. The minimum absolute atomic E-state index is 0.0949. The van der Waals surface area contributed by atoms with Gasteiger partial charge in [0.2, 0.25) is 17.6 Å². The Bertz CT molecular complexity index is 2410. The highest BCUT2D eigenvalue weighted by Gasteiger charge is 2.43. The van der Waals surface area contributed by atoms with Gasteiger partial charge in [0.1, 0.15) is 17.2 Å². The van der Waals surface area contributed by atoms with Crippen LogP contribution in [0.25, 0.3) is 0 Å². The Hall–Kier alpha value is -6.47. The molecule has 1 aliphatic carbocycles. The Morgan fingerprint density at radius 2 is 1.76 bits per heavy atom. The highest BCUT2D eigenvalue weighted by molar-refractivity contribution is 7.90. The number of phenols is 1. The number of carbonyl (C=O) groups excluding carboxylic acids is 4. The number of carbonyl (C=O) groups is 4. The molecule has 0 saturated heterocycles. The van der Waals surface area contributed by atoms with Crippen LogP contribution in [-0.2, 0) is 34.6 Å². The van der Waals surface area contributed by atoms with E-state index in [1.165, 1.54) is 19.1 Å². The van der Waals surface area contributed by atoms with Gasteiger partial charge in [0.25, 0.3) is 15.9 Å². The predicted octanol–water partition coefficient (Wildman–Crippen LogP) is 6.31. The summed E-state index contributed by atoms with van der Waals surface area (Å²) >= 11 is 0. The first-order valence-corrected chi connectivity index (χ1v) is 20.4. The molecular weight excluding hydrogens is 763 g/mol. The summed E-state index contributed by atoms with van der Waals surface area (Å²) in [5.41, 5.74) is 2.48. The monoisotopic (exact) mass is 809 g/mol. The molecule has 304 valence electrons. The van der Waals surface area contributed by atoms with Gasteiger partial charge in [-0.2, -0.15) is 9.66 Å². The van der Waals surface area contributed by atoms with Crippen molar-refractivity contribution < 1.29 is 37.4 Å². The second kappa shape index (κ2) is 17.8. The molecule has 0 unspecified atom stereocenters. The van der Waals surface area contributed by atoms with Crippen LogP contribution < -0.4 is 30.9 Å². The summed E-state index contributed by atoms with van der Waals surface area (Å²) in [6, 6.07) is 14.6. The van der Waals surface area contributed by atoms with E-state index in [4.69, 9.17) is 10.00 Å². The second-order valence-corrected chi connectivity index (χ2v) is 16.3. The van der Waals surface area contributed by atoms with Gasteiger partial charge in [-0.3, -0.25) is 19.2 Å². The van der Waals surface area contributed by atoms with E-state index in [-0.39, 0.29) is 52.0 Å². The summed E-state index contributed by atoms with van der Waals surface area (Å²) < 4.78 is 35.3. The number of ether oxygens (including phenoxy) is 1. The summed E-state index contributed by atoms with van der Waals surface area (Å²) in [6.07, 6.45) is 4.26. The summed E-state index contributed by atoms with van der Waals surface area (Å²) in [7, 11) is -4.10. The van der Waals surface area contributed by atoms with E-state index < -0.39 is 38.7 Å². The number of unbranched alkanes of at least 4 members (excludes halogenated alkanes) is 1. The SMILES string of the molecule is CCN(CCC#N)c1ccc(Nc2cc(NC(=O)C3=C/C(=N\S(=O)(=O)CCCCOc4ccc(C)cc4C)C(=O)C=C3)c(O)c3c2NC(=O)C3(C)C)c(NC(C)=O)c1. The van der Waals surface area contributed by atoms with Crippen LogP contribution in [0.5, 0.6) is 11.5 Å². The molecule has 5 rings (SSSR count). The predicted molar refractivity (Wildman–Crippen MR) is 225 cm³/mol. The van der Waals surface area contributed by atoms with Crippen LogP contribution in [0.1, 0.15) is 63.6 Å². The van der Waals surface area contributed by atoms with Gasteiger partial charge in [-0.05, 0) is 102 Å². The normalized spacial score (nSPS) is 14.9. The molecule has 3 aromatic rings. The lowest BCUT2D eigenvalue weighted by Crippen LogP contribution is -2.27. The van der Waals surface area contributed by atoms with Crippen LogP contribution in [0.4, 0.5) is 34.1 Å². The Morgan fingerprint density at radius 1 is 1.00 bits per heavy atom. The van der Waals surface area contributed by atoms with E-state index in [0.717, 1.165) is 29.0 Å². The summed E-state index contributed by atoms with van der Waals surface area (Å²) in [5.74, 6) is -2.28. The molecule has 1 heterocycles. The van der Waals surface area contributed by atoms with Crippen LogP contribution in [0.15, 0.2) is 70.7 Å². The molecule has 0 spiro atoms. The average Bonchev–Trinajstić information content (AvgIpc) is 3.40. The molecular formula is C42H47N7O8S. The van der Waals surface area contributed by atoms with Crippen LogP contribution in [0.2, 0.25) is 0 Å². The lowest BCUT2D eigenvalue weighted by atomic mass is 9.84. The molecule has 0 aromatic heterocycles. The van der Waals surface area contributed by atoms with Crippen molar-refractivity contribution in [2.24, 2.45) is 4.40 Å². The number of nitriles is 1. The van der Waals surface area contributed by atoms with Crippen molar-refractivity contribution in [3.8, 4) is 17.6 Å². The van der Waals surface area contributed by atoms with Crippen LogP contribution in [-0.4, -0.2) is 68.2 Å². The zero-order valence-corrected chi connectivity index (χ0v) is 34.1. The number of fused-ring (bicyclic) bond motifs is 1. The van der Waals surface area contributed by atoms with Gasteiger partial charge in [-0.25, -0.2) is 8.42 Å². The molecule has 15 nitrogen and oxygen atoms in total. The lowest BCUT2D eigenvalue weighted by molar-refractivity contribution is -0.120. The number of benzene rings is 3. The summed E-state index contributed by atoms with van der Waals surface area (Å²) in [4.78, 5) is 53.8. The maximum atomic E-state index is 13.7. The Balaban J connectivity index is 1.38. The molecule has 58 heavy (non-hydrogen) atoms. The Kier molecular flexibility index (Phi) is 13.1. The standard InChI is InChI=1S/C42H47N7O8S/c1-7-49(18-10-17-43)29-13-14-30(31(23-29)44-27(4)50)45-33-24-34(39(52)37-38(33)47-41(54)42(37,5)6)46-40(53)28-12-15-35(51)32(22-28)48-58(55,56)20-9-8-19-57-36-16-11-25(2)21-26(36)3/h11-16,21-24,45,52H,7-10,18-20H2,1-6H3,(H,44,50)(H,46,53)(H,47,54)/b48-32+. The third kappa shape index (κ3) is 9.90. The van der Waals surface area contributed by atoms with E-state index >= 15 is 0 Å². The number of allylic oxidation sites excluding steroid dienone is 2. The fourth-order valence-corrected chi connectivity index (χ4v) is 7.67. The van der Waals surface area contributed by atoms with Crippen LogP contribution in [0, 0.1) is 25.2 Å². The van der Waals surface area contributed by atoms with E-state index in [1.807, 2.05) is 49.9 Å². The third-order valence-electron chi connectivity index (χ3n) is 9.65. The van der Waals surface area contributed by atoms with E-state index in [2.05, 4.69) is 31.7 Å². The van der Waals surface area contributed by atoms with Crippen molar-refractivity contribution in [2.75, 3.05) is 51.6 Å². The third-order valence-corrected chi connectivity index (χ3v) is 10.9. The van der Waals surface area contributed by atoms with Crippen molar-refractivity contribution in [1.29, 1.82) is 5.26 Å². The first kappa shape index (κ1) is 42.7. The molecule has 3 aromatic carbocycles. The van der Waals surface area contributed by atoms with Crippen molar-refractivity contribution in [2.45, 2.75) is 66.2 Å². The number of nitrogens with one attached hydrogen (secondary N) is 4. The van der Waals surface area contributed by atoms with Gasteiger partial charge in [-0.15, -0.1) is 0 Å². The molecule has 3 amide bonds. The fraction of sp³-hybridized carbons (Fsp3) is 0.333. The van der Waals surface area contributed by atoms with E-state index in [1.54, 1.807) is 26.0 Å². The number of sulfonamides is 1. The van der Waals surface area contributed by atoms with Crippen LogP contribution in [0.3, 0.4) is 0 Å². The number of aromatic hydroxyl groups is 1. The van der Waals surface area contributed by atoms with Gasteiger partial charge in [-0.1, -0.05) is 17.7 Å². The number of aryl methyl sites for hydroxylation is 2. The second-order valence-electron chi connectivity index (χ2n) is 14.5. The summed E-state index contributed by atoms with van der Waals surface area (Å²) in [5, 5.41) is 32.1. The molecule has 1 aliphatic heterocycles. The molecule has 0 bridgehead atoms. The number of hydrogen-bond acceptors (Lipinski definition) is 11. The summed E-state index contributed by atoms with van der Waals surface area (Å²) in [6.45, 7) is 11.8. The Morgan fingerprint density at radius 3 is 2.45 bits per heavy atom. The number of amides is 3. The molecule has 0 saturated carbocycles. The quantitative estimate of drug-likeness (QED) is 0.0467. The highest BCUT2D eigenvalue weighted by atomic mass is 32.2. The fourth-order valence-electron chi connectivity index (χ4n) is 6.57. The van der Waals surface area contributed by atoms with Crippen molar-refractivity contribution >= 4 is 73.4 Å². The number of anilines is 6. The first-order chi connectivity index (χ1) is 27.4. The van der Waals surface area contributed by atoms with Crippen molar-refractivity contribution in [3.63, 3.8) is 0 Å². The maximum Gasteiger partial charge on any atom is 0.255 e. The zero-order chi connectivity index (χ0) is 42.4. The van der Waals surface area contributed by atoms with Crippen LogP contribution >= 0.6 is 0 Å².